The van der Waals surface area contributed by atoms with Crippen molar-refractivity contribution in [3.8, 4) is 0 Å². The molecule has 0 spiro atoms. The summed E-state index contributed by atoms with van der Waals surface area (Å²) >= 11 is 3.08. The molecule has 4 nitrogen and oxygen atoms in total. The monoisotopic (exact) mass is 305 g/mol. The van der Waals surface area contributed by atoms with Gasteiger partial charge in [0, 0.05) is 5.92 Å². The van der Waals surface area contributed by atoms with E-state index in [1.807, 2.05) is 18.2 Å². The average molecular weight is 305 g/mol. The van der Waals surface area contributed by atoms with Crippen LogP contribution in [0, 0.1) is 5.92 Å². The molecule has 1 aliphatic rings. The molecule has 2 atom stereocenters. The van der Waals surface area contributed by atoms with Crippen LogP contribution in [0.1, 0.15) is 24.8 Å². The smallest absolute Gasteiger partial charge is 0.229 e. The van der Waals surface area contributed by atoms with Crippen LogP contribution < -0.4 is 5.32 Å². The molecular weight excluding hydrogens is 290 g/mol. The van der Waals surface area contributed by atoms with Crippen molar-refractivity contribution in [2.75, 3.05) is 11.1 Å². The maximum Gasteiger partial charge on any atom is 0.229 e. The number of hydrogen-bond donors (Lipinski definition) is 1. The number of aromatic nitrogens is 2. The Kier molecular flexibility index (Phi) is 4.03. The zero-order valence-electron chi connectivity index (χ0n) is 11.1. The Balaban J connectivity index is 1.58. The largest absolute Gasteiger partial charge is 0.300 e. The summed E-state index contributed by atoms with van der Waals surface area (Å²) in [6.07, 6.45) is 0.922. The lowest BCUT2D eigenvalue weighted by Crippen LogP contribution is -2.14. The minimum absolute atomic E-state index is 0.0584. The minimum Gasteiger partial charge on any atom is -0.300 e. The van der Waals surface area contributed by atoms with E-state index in [0.29, 0.717) is 11.0 Å². The van der Waals surface area contributed by atoms with Crippen LogP contribution in [-0.4, -0.2) is 21.9 Å². The number of nitrogens with zero attached hydrogens (tertiary/aromatic N) is 2. The maximum atomic E-state index is 12.1. The van der Waals surface area contributed by atoms with E-state index in [1.165, 1.54) is 16.9 Å². The van der Waals surface area contributed by atoms with Crippen LogP contribution in [0.15, 0.2) is 34.7 Å². The topological polar surface area (TPSA) is 54.9 Å². The summed E-state index contributed by atoms with van der Waals surface area (Å²) in [7, 11) is 0. The SMILES string of the molecule is CCSc1nnc(NC(=O)[C@@H]2C[C@H]2c2ccccc2)s1. The first kappa shape index (κ1) is 13.6. The first-order valence-corrected chi connectivity index (χ1v) is 8.40. The normalized spacial score (nSPS) is 20.6. The number of benzene rings is 1. The highest BCUT2D eigenvalue weighted by atomic mass is 32.2. The number of rotatable bonds is 5. The van der Waals surface area contributed by atoms with E-state index in [1.54, 1.807) is 11.8 Å². The molecule has 2 aromatic rings. The van der Waals surface area contributed by atoms with Gasteiger partial charge in [-0.1, -0.05) is 60.4 Å². The molecule has 1 aromatic carbocycles. The van der Waals surface area contributed by atoms with Crippen molar-refractivity contribution in [1.29, 1.82) is 0 Å². The third-order valence-electron chi connectivity index (χ3n) is 3.26. The van der Waals surface area contributed by atoms with Crippen LogP contribution >= 0.6 is 23.1 Å². The Labute approximate surface area is 126 Å². The summed E-state index contributed by atoms with van der Waals surface area (Å²) < 4.78 is 0.901. The van der Waals surface area contributed by atoms with E-state index in [4.69, 9.17) is 0 Å². The molecule has 104 valence electrons. The molecule has 6 heteroatoms. The summed E-state index contributed by atoms with van der Waals surface area (Å²) in [5.74, 6) is 1.45. The molecule has 0 radical (unpaired) electrons. The van der Waals surface area contributed by atoms with Gasteiger partial charge in [-0.15, -0.1) is 10.2 Å². The van der Waals surface area contributed by atoms with Crippen molar-refractivity contribution < 1.29 is 4.79 Å². The third kappa shape index (κ3) is 3.02. The zero-order chi connectivity index (χ0) is 13.9. The number of amides is 1. The van der Waals surface area contributed by atoms with Gasteiger partial charge in [-0.3, -0.25) is 4.79 Å². The van der Waals surface area contributed by atoms with Crippen LogP contribution in [0.25, 0.3) is 0 Å². The fourth-order valence-corrected chi connectivity index (χ4v) is 3.85. The molecule has 1 saturated carbocycles. The number of carbonyl (C=O) groups is 1. The molecule has 20 heavy (non-hydrogen) atoms. The third-order valence-corrected chi connectivity index (χ3v) is 5.11. The standard InChI is InChI=1S/C14H15N3OS2/c1-2-19-14-17-16-13(20-14)15-12(18)11-8-10(11)9-6-4-3-5-7-9/h3-7,10-11H,2,8H2,1H3,(H,15,16,18)/t10-,11+/m0/s1. The predicted octanol–water partition coefficient (Wildman–Crippen LogP) is 3.39. The predicted molar refractivity (Wildman–Crippen MR) is 82.2 cm³/mol. The quantitative estimate of drug-likeness (QED) is 0.679. The first-order valence-electron chi connectivity index (χ1n) is 6.60. The summed E-state index contributed by atoms with van der Waals surface area (Å²) in [5.41, 5.74) is 1.24. The van der Waals surface area contributed by atoms with Crippen LogP contribution in [0.5, 0.6) is 0 Å². The Hall–Kier alpha value is -1.40. The summed E-state index contributed by atoms with van der Waals surface area (Å²) in [6.45, 7) is 2.07. The fraction of sp³-hybridized carbons (Fsp3) is 0.357. The molecule has 1 aliphatic carbocycles. The molecule has 0 aliphatic heterocycles. The van der Waals surface area contributed by atoms with E-state index in [2.05, 4.69) is 34.6 Å². The summed E-state index contributed by atoms with van der Waals surface area (Å²) in [4.78, 5) is 12.1. The molecule has 0 bridgehead atoms. The second kappa shape index (κ2) is 5.93. The summed E-state index contributed by atoms with van der Waals surface area (Å²) in [5, 5.41) is 11.5. The number of hydrogen-bond acceptors (Lipinski definition) is 5. The van der Waals surface area contributed by atoms with Crippen molar-refractivity contribution in [3.05, 3.63) is 35.9 Å². The fourth-order valence-electron chi connectivity index (χ4n) is 2.19. The molecule has 0 unspecified atom stereocenters. The van der Waals surface area contributed by atoms with Gasteiger partial charge >= 0.3 is 0 Å². The second-order valence-electron chi connectivity index (χ2n) is 4.65. The molecule has 3 rings (SSSR count). The van der Waals surface area contributed by atoms with Crippen molar-refractivity contribution in [2.45, 2.75) is 23.6 Å². The van der Waals surface area contributed by atoms with Gasteiger partial charge in [0.2, 0.25) is 11.0 Å². The molecule has 1 heterocycles. The molecular formula is C14H15N3OS2. The van der Waals surface area contributed by atoms with Crippen molar-refractivity contribution in [1.82, 2.24) is 10.2 Å². The van der Waals surface area contributed by atoms with Crippen LogP contribution in [0.4, 0.5) is 5.13 Å². The first-order chi connectivity index (χ1) is 9.78. The van der Waals surface area contributed by atoms with Crippen molar-refractivity contribution in [3.63, 3.8) is 0 Å². The molecule has 0 saturated heterocycles. The maximum absolute atomic E-state index is 12.1. The van der Waals surface area contributed by atoms with E-state index in [9.17, 15) is 4.79 Å². The van der Waals surface area contributed by atoms with Gasteiger partial charge in [0.05, 0.1) is 0 Å². The average Bonchev–Trinajstić information content (AvgIpc) is 3.16. The van der Waals surface area contributed by atoms with Gasteiger partial charge in [-0.2, -0.15) is 0 Å². The number of nitrogens with one attached hydrogen (secondary N) is 1. The highest BCUT2D eigenvalue weighted by Gasteiger charge is 2.44. The number of carbonyl (C=O) groups excluding carboxylic acids is 1. The summed E-state index contributed by atoms with van der Waals surface area (Å²) in [6, 6.07) is 10.2. The van der Waals surface area contributed by atoms with Gasteiger partial charge in [0.1, 0.15) is 0 Å². The highest BCUT2D eigenvalue weighted by Crippen LogP contribution is 2.48. The van der Waals surface area contributed by atoms with Crippen molar-refractivity contribution in [2.24, 2.45) is 5.92 Å². The van der Waals surface area contributed by atoms with E-state index in [0.717, 1.165) is 16.5 Å². The van der Waals surface area contributed by atoms with E-state index < -0.39 is 0 Å². The Morgan fingerprint density at radius 1 is 1.40 bits per heavy atom. The Morgan fingerprint density at radius 2 is 2.20 bits per heavy atom. The van der Waals surface area contributed by atoms with Crippen molar-refractivity contribution >= 4 is 34.1 Å². The molecule has 1 amide bonds. The molecule has 1 fully saturated rings. The lowest BCUT2D eigenvalue weighted by atomic mass is 10.1. The van der Waals surface area contributed by atoms with Crippen LogP contribution in [0.3, 0.4) is 0 Å². The molecule has 1 N–H and O–H groups in total. The number of anilines is 1. The minimum atomic E-state index is 0.0584. The molecule has 1 aromatic heterocycles. The van der Waals surface area contributed by atoms with Gasteiger partial charge in [-0.05, 0) is 23.7 Å². The highest BCUT2D eigenvalue weighted by molar-refractivity contribution is 8.01. The van der Waals surface area contributed by atoms with Gasteiger partial charge in [-0.25, -0.2) is 0 Å². The zero-order valence-corrected chi connectivity index (χ0v) is 12.7. The van der Waals surface area contributed by atoms with Gasteiger partial charge in [0.25, 0.3) is 0 Å². The Morgan fingerprint density at radius 3 is 2.95 bits per heavy atom. The lowest BCUT2D eigenvalue weighted by molar-refractivity contribution is -0.117. The Bertz CT molecular complexity index is 599. The lowest BCUT2D eigenvalue weighted by Gasteiger charge is -2.00. The van der Waals surface area contributed by atoms with E-state index in [-0.39, 0.29) is 11.8 Å². The number of thioether (sulfide) groups is 1. The van der Waals surface area contributed by atoms with Crippen LogP contribution in [-0.2, 0) is 4.79 Å². The van der Waals surface area contributed by atoms with Gasteiger partial charge in [0.15, 0.2) is 4.34 Å². The van der Waals surface area contributed by atoms with Crippen LogP contribution in [0.2, 0.25) is 0 Å². The van der Waals surface area contributed by atoms with Gasteiger partial charge < -0.3 is 5.32 Å². The second-order valence-corrected chi connectivity index (χ2v) is 7.14. The van der Waals surface area contributed by atoms with E-state index >= 15 is 0 Å².